The highest BCUT2D eigenvalue weighted by atomic mass is 32.2. The van der Waals surface area contributed by atoms with E-state index < -0.39 is 0 Å². The molecular weight excluding hydrogens is 314 g/mol. The molecule has 0 saturated carbocycles. The van der Waals surface area contributed by atoms with Crippen LogP contribution in [0.1, 0.15) is 16.4 Å². The molecule has 1 N–H and O–H groups in total. The SMILES string of the molecule is Cn1nccc1C(=O)Nc1nnc(CCSc2ccccc2)o1. The van der Waals surface area contributed by atoms with Gasteiger partial charge in [-0.1, -0.05) is 23.3 Å². The van der Waals surface area contributed by atoms with Gasteiger partial charge in [0.25, 0.3) is 5.91 Å². The summed E-state index contributed by atoms with van der Waals surface area (Å²) in [4.78, 5) is 13.2. The lowest BCUT2D eigenvalue weighted by molar-refractivity contribution is 0.101. The molecule has 0 bridgehead atoms. The van der Waals surface area contributed by atoms with Gasteiger partial charge >= 0.3 is 6.01 Å². The van der Waals surface area contributed by atoms with Crippen LogP contribution in [0.25, 0.3) is 0 Å². The number of aryl methyl sites for hydroxylation is 2. The van der Waals surface area contributed by atoms with Crippen molar-refractivity contribution in [2.24, 2.45) is 7.05 Å². The quantitative estimate of drug-likeness (QED) is 0.699. The first kappa shape index (κ1) is 15.3. The minimum atomic E-state index is -0.334. The third-order valence-corrected chi connectivity index (χ3v) is 4.08. The van der Waals surface area contributed by atoms with Crippen molar-refractivity contribution in [2.45, 2.75) is 11.3 Å². The van der Waals surface area contributed by atoms with Gasteiger partial charge in [-0.2, -0.15) is 5.10 Å². The zero-order chi connectivity index (χ0) is 16.1. The van der Waals surface area contributed by atoms with Crippen molar-refractivity contribution in [1.82, 2.24) is 20.0 Å². The summed E-state index contributed by atoms with van der Waals surface area (Å²) in [7, 11) is 1.69. The topological polar surface area (TPSA) is 85.8 Å². The summed E-state index contributed by atoms with van der Waals surface area (Å²) in [6.45, 7) is 0. The monoisotopic (exact) mass is 329 g/mol. The fourth-order valence-corrected chi connectivity index (χ4v) is 2.80. The molecule has 7 nitrogen and oxygen atoms in total. The summed E-state index contributed by atoms with van der Waals surface area (Å²) in [6, 6.07) is 11.8. The molecule has 2 aromatic heterocycles. The summed E-state index contributed by atoms with van der Waals surface area (Å²) >= 11 is 1.71. The molecule has 0 aliphatic carbocycles. The Bertz CT molecular complexity index is 784. The third-order valence-electron chi connectivity index (χ3n) is 3.07. The molecule has 0 aliphatic rings. The van der Waals surface area contributed by atoms with E-state index in [9.17, 15) is 4.79 Å². The molecule has 3 rings (SSSR count). The Balaban J connectivity index is 1.52. The van der Waals surface area contributed by atoms with Gasteiger partial charge in [-0.15, -0.1) is 16.9 Å². The highest BCUT2D eigenvalue weighted by molar-refractivity contribution is 7.99. The molecular formula is C15H15N5O2S. The van der Waals surface area contributed by atoms with Gasteiger partial charge in [0, 0.05) is 30.3 Å². The normalized spacial score (nSPS) is 10.7. The lowest BCUT2D eigenvalue weighted by Gasteiger charge is -2.00. The summed E-state index contributed by atoms with van der Waals surface area (Å²) < 4.78 is 6.91. The van der Waals surface area contributed by atoms with Crippen molar-refractivity contribution in [3.05, 3.63) is 54.2 Å². The van der Waals surface area contributed by atoms with Crippen LogP contribution in [0.3, 0.4) is 0 Å². The molecule has 0 unspecified atom stereocenters. The zero-order valence-corrected chi connectivity index (χ0v) is 13.3. The van der Waals surface area contributed by atoms with Crippen LogP contribution in [0.15, 0.2) is 51.9 Å². The van der Waals surface area contributed by atoms with Crippen molar-refractivity contribution in [2.75, 3.05) is 11.1 Å². The maximum absolute atomic E-state index is 12.0. The number of nitrogens with one attached hydrogen (secondary N) is 1. The number of carbonyl (C=O) groups excluding carboxylic acids is 1. The number of hydrogen-bond donors (Lipinski definition) is 1. The first-order valence-corrected chi connectivity index (χ1v) is 8.00. The van der Waals surface area contributed by atoms with Crippen LogP contribution >= 0.6 is 11.8 Å². The molecule has 0 fully saturated rings. The van der Waals surface area contributed by atoms with Gasteiger partial charge in [-0.05, 0) is 18.2 Å². The predicted octanol–water partition coefficient (Wildman–Crippen LogP) is 2.39. The van der Waals surface area contributed by atoms with Crippen LogP contribution in [0, 0.1) is 0 Å². The molecule has 0 radical (unpaired) electrons. The average molecular weight is 329 g/mol. The average Bonchev–Trinajstić information content (AvgIpc) is 3.17. The highest BCUT2D eigenvalue weighted by Crippen LogP contribution is 2.18. The fraction of sp³-hybridized carbons (Fsp3) is 0.200. The molecule has 2 heterocycles. The standard InChI is InChI=1S/C15H15N5O2S/c1-20-12(7-9-16-20)14(21)17-15-19-18-13(22-15)8-10-23-11-5-3-2-4-6-11/h2-7,9H,8,10H2,1H3,(H,17,19,21). The molecule has 0 saturated heterocycles. The predicted molar refractivity (Wildman–Crippen MR) is 86.3 cm³/mol. The molecule has 1 amide bonds. The highest BCUT2D eigenvalue weighted by Gasteiger charge is 2.14. The molecule has 0 aliphatic heterocycles. The van der Waals surface area contributed by atoms with Crippen LogP contribution in [0.5, 0.6) is 0 Å². The second kappa shape index (κ2) is 7.10. The Hall–Kier alpha value is -2.61. The van der Waals surface area contributed by atoms with Crippen LogP contribution < -0.4 is 5.32 Å². The third kappa shape index (κ3) is 3.98. The van der Waals surface area contributed by atoms with E-state index in [1.54, 1.807) is 31.1 Å². The van der Waals surface area contributed by atoms with E-state index in [0.717, 1.165) is 5.75 Å². The number of rotatable bonds is 6. The number of nitrogens with zero attached hydrogens (tertiary/aromatic N) is 4. The van der Waals surface area contributed by atoms with E-state index in [1.807, 2.05) is 18.2 Å². The number of anilines is 1. The second-order valence-corrected chi connectivity index (χ2v) is 5.87. The number of benzene rings is 1. The Morgan fingerprint density at radius 3 is 2.83 bits per heavy atom. The van der Waals surface area contributed by atoms with Crippen molar-refractivity contribution in [3.63, 3.8) is 0 Å². The Morgan fingerprint density at radius 1 is 1.26 bits per heavy atom. The minimum Gasteiger partial charge on any atom is -0.408 e. The molecule has 1 aromatic carbocycles. The number of carbonyl (C=O) groups is 1. The molecule has 8 heteroatoms. The largest absolute Gasteiger partial charge is 0.408 e. The minimum absolute atomic E-state index is 0.0934. The zero-order valence-electron chi connectivity index (χ0n) is 12.5. The van der Waals surface area contributed by atoms with E-state index in [-0.39, 0.29) is 11.9 Å². The van der Waals surface area contributed by atoms with Gasteiger partial charge in [-0.3, -0.25) is 14.8 Å². The van der Waals surface area contributed by atoms with Crippen LogP contribution in [-0.4, -0.2) is 31.6 Å². The number of aromatic nitrogens is 4. The van der Waals surface area contributed by atoms with Gasteiger partial charge in [0.15, 0.2) is 0 Å². The Labute approximate surface area is 137 Å². The summed E-state index contributed by atoms with van der Waals surface area (Å²) in [6.07, 6.45) is 2.18. The fourth-order valence-electron chi connectivity index (χ4n) is 1.94. The van der Waals surface area contributed by atoms with Crippen molar-refractivity contribution >= 4 is 23.7 Å². The van der Waals surface area contributed by atoms with E-state index in [2.05, 4.69) is 32.7 Å². The van der Waals surface area contributed by atoms with Crippen LogP contribution in [-0.2, 0) is 13.5 Å². The van der Waals surface area contributed by atoms with Crippen LogP contribution in [0.2, 0.25) is 0 Å². The molecule has 118 valence electrons. The number of hydrogen-bond acceptors (Lipinski definition) is 6. The number of amides is 1. The maximum atomic E-state index is 12.0. The van der Waals surface area contributed by atoms with Gasteiger partial charge < -0.3 is 4.42 Å². The lowest BCUT2D eigenvalue weighted by atomic mass is 10.4. The summed E-state index contributed by atoms with van der Waals surface area (Å²) in [5.74, 6) is 0.981. The molecule has 23 heavy (non-hydrogen) atoms. The lowest BCUT2D eigenvalue weighted by Crippen LogP contribution is -2.16. The van der Waals surface area contributed by atoms with Gasteiger partial charge in [0.1, 0.15) is 5.69 Å². The van der Waals surface area contributed by atoms with E-state index >= 15 is 0 Å². The maximum Gasteiger partial charge on any atom is 0.322 e. The van der Waals surface area contributed by atoms with Gasteiger partial charge in [-0.25, -0.2) is 0 Å². The van der Waals surface area contributed by atoms with Gasteiger partial charge in [0.2, 0.25) is 5.89 Å². The summed E-state index contributed by atoms with van der Waals surface area (Å²) in [5, 5.41) is 14.3. The first-order chi connectivity index (χ1) is 11.2. The van der Waals surface area contributed by atoms with E-state index in [4.69, 9.17) is 4.42 Å². The van der Waals surface area contributed by atoms with Crippen molar-refractivity contribution < 1.29 is 9.21 Å². The Kier molecular flexibility index (Phi) is 4.72. The smallest absolute Gasteiger partial charge is 0.322 e. The van der Waals surface area contributed by atoms with E-state index in [0.29, 0.717) is 18.0 Å². The van der Waals surface area contributed by atoms with Crippen LogP contribution in [0.4, 0.5) is 6.01 Å². The van der Waals surface area contributed by atoms with Gasteiger partial charge in [0.05, 0.1) is 0 Å². The number of thioether (sulfide) groups is 1. The summed E-state index contributed by atoms with van der Waals surface area (Å²) in [5.41, 5.74) is 0.421. The van der Waals surface area contributed by atoms with Crippen molar-refractivity contribution in [3.8, 4) is 0 Å². The molecule has 0 atom stereocenters. The van der Waals surface area contributed by atoms with E-state index in [1.165, 1.54) is 9.58 Å². The molecule has 3 aromatic rings. The van der Waals surface area contributed by atoms with Crippen molar-refractivity contribution in [1.29, 1.82) is 0 Å². The second-order valence-electron chi connectivity index (χ2n) is 4.71. The molecule has 0 spiro atoms. The first-order valence-electron chi connectivity index (χ1n) is 7.02. The Morgan fingerprint density at radius 2 is 2.09 bits per heavy atom.